The normalized spacial score (nSPS) is 17.5. The molecule has 2 aliphatic heterocycles. The van der Waals surface area contributed by atoms with Crippen LogP contribution in [0.3, 0.4) is 0 Å². The molecular weight excluding hydrogens is 538 g/mol. The monoisotopic (exact) mass is 564 g/mol. The Kier molecular flexibility index (Phi) is 9.02. The van der Waals surface area contributed by atoms with Crippen LogP contribution in [0.2, 0.25) is 0 Å². The van der Waals surface area contributed by atoms with Crippen molar-refractivity contribution in [3.63, 3.8) is 0 Å². The van der Waals surface area contributed by atoms with Gasteiger partial charge < -0.3 is 28.4 Å². The van der Waals surface area contributed by atoms with Crippen LogP contribution in [0.15, 0.2) is 78.9 Å². The van der Waals surface area contributed by atoms with Gasteiger partial charge in [0.1, 0.15) is 48.4 Å². The van der Waals surface area contributed by atoms with Gasteiger partial charge in [0.2, 0.25) is 0 Å². The summed E-state index contributed by atoms with van der Waals surface area (Å²) >= 11 is 0. The molecule has 10 heteroatoms. The molecular formula is C31H26F2O8. The van der Waals surface area contributed by atoms with E-state index in [1.807, 2.05) is 0 Å². The Morgan fingerprint density at radius 1 is 0.732 bits per heavy atom. The van der Waals surface area contributed by atoms with Gasteiger partial charge in [0.15, 0.2) is 0 Å². The van der Waals surface area contributed by atoms with Gasteiger partial charge >= 0.3 is 11.9 Å². The zero-order valence-electron chi connectivity index (χ0n) is 21.7. The first-order valence-corrected chi connectivity index (χ1v) is 12.8. The summed E-state index contributed by atoms with van der Waals surface area (Å²) in [6.07, 6.45) is 2.63. The first kappa shape index (κ1) is 28.0. The Labute approximate surface area is 234 Å². The van der Waals surface area contributed by atoms with E-state index in [2.05, 4.69) is 0 Å². The first-order valence-electron chi connectivity index (χ1n) is 12.8. The van der Waals surface area contributed by atoms with Crippen LogP contribution in [0.5, 0.6) is 23.0 Å². The van der Waals surface area contributed by atoms with E-state index in [4.69, 9.17) is 28.4 Å². The van der Waals surface area contributed by atoms with E-state index < -0.39 is 23.9 Å². The van der Waals surface area contributed by atoms with Gasteiger partial charge in [0.25, 0.3) is 6.43 Å². The molecule has 0 amide bonds. The average molecular weight is 565 g/mol. The van der Waals surface area contributed by atoms with Gasteiger partial charge in [-0.05, 0) is 65.7 Å². The summed E-state index contributed by atoms with van der Waals surface area (Å²) in [4.78, 5) is 24.5. The Morgan fingerprint density at radius 2 is 1.20 bits per heavy atom. The van der Waals surface area contributed by atoms with Crippen LogP contribution in [0.4, 0.5) is 8.78 Å². The number of ether oxygens (including phenoxy) is 6. The van der Waals surface area contributed by atoms with E-state index in [1.54, 1.807) is 48.5 Å². The first-order chi connectivity index (χ1) is 19.9. The lowest BCUT2D eigenvalue weighted by atomic mass is 10.2. The summed E-state index contributed by atoms with van der Waals surface area (Å²) in [5.74, 6) is -0.726. The molecule has 0 bridgehead atoms. The fraction of sp³-hybridized carbons (Fsp3) is 0.226. The fourth-order valence-corrected chi connectivity index (χ4v) is 3.53. The summed E-state index contributed by atoms with van der Waals surface area (Å²) in [5.41, 5.74) is 0.817. The molecule has 2 heterocycles. The molecule has 2 aliphatic rings. The highest BCUT2D eigenvalue weighted by Crippen LogP contribution is 2.33. The lowest BCUT2D eigenvalue weighted by Crippen LogP contribution is -2.08. The molecule has 2 saturated heterocycles. The molecule has 8 nitrogen and oxygen atoms in total. The predicted molar refractivity (Wildman–Crippen MR) is 144 cm³/mol. The SMILES string of the molecule is O=C(C=Cc1ccc(OCC2CO2)cc1)Oc1ccc(OC(=O)C=Cc2ccc(OCC3CO3)cc2)c(C(F)F)c1. The number of esters is 2. The minimum atomic E-state index is -2.98. The smallest absolute Gasteiger partial charge is 0.336 e. The number of rotatable bonds is 13. The molecule has 2 atom stereocenters. The maximum absolute atomic E-state index is 13.7. The maximum atomic E-state index is 13.7. The Morgan fingerprint density at radius 3 is 1.66 bits per heavy atom. The number of hydrogen-bond donors (Lipinski definition) is 0. The van der Waals surface area contributed by atoms with Crippen LogP contribution in [0, 0.1) is 0 Å². The number of carbonyl (C=O) groups excluding carboxylic acids is 2. The largest absolute Gasteiger partial charge is 0.491 e. The molecule has 0 spiro atoms. The summed E-state index contributed by atoms with van der Waals surface area (Å²) in [5, 5.41) is 0. The summed E-state index contributed by atoms with van der Waals surface area (Å²) < 4.78 is 59.0. The molecule has 0 N–H and O–H groups in total. The molecule has 0 radical (unpaired) electrons. The number of hydrogen-bond acceptors (Lipinski definition) is 8. The van der Waals surface area contributed by atoms with Crippen molar-refractivity contribution in [3.8, 4) is 23.0 Å². The van der Waals surface area contributed by atoms with E-state index in [0.29, 0.717) is 49.1 Å². The maximum Gasteiger partial charge on any atom is 0.336 e. The zero-order valence-corrected chi connectivity index (χ0v) is 21.7. The lowest BCUT2D eigenvalue weighted by molar-refractivity contribution is -0.130. The van der Waals surface area contributed by atoms with Gasteiger partial charge in [-0.1, -0.05) is 24.3 Å². The van der Waals surface area contributed by atoms with Crippen molar-refractivity contribution < 1.29 is 46.8 Å². The summed E-state index contributed by atoms with van der Waals surface area (Å²) in [7, 11) is 0. The summed E-state index contributed by atoms with van der Waals surface area (Å²) in [6.45, 7) is 2.37. The highest BCUT2D eigenvalue weighted by molar-refractivity contribution is 5.89. The van der Waals surface area contributed by atoms with Gasteiger partial charge in [-0.25, -0.2) is 18.4 Å². The van der Waals surface area contributed by atoms with Crippen LogP contribution in [-0.2, 0) is 19.1 Å². The molecule has 5 rings (SSSR count). The third-order valence-corrected chi connectivity index (χ3v) is 5.91. The Hall–Kier alpha value is -4.54. The molecule has 3 aromatic carbocycles. The average Bonchev–Trinajstić information content (AvgIpc) is 3.90. The molecule has 0 aromatic heterocycles. The molecule has 0 aliphatic carbocycles. The minimum Gasteiger partial charge on any atom is -0.491 e. The van der Waals surface area contributed by atoms with Crippen LogP contribution in [0.1, 0.15) is 23.1 Å². The molecule has 2 fully saturated rings. The van der Waals surface area contributed by atoms with Gasteiger partial charge in [-0.3, -0.25) is 0 Å². The van der Waals surface area contributed by atoms with Crippen LogP contribution in [0.25, 0.3) is 12.2 Å². The van der Waals surface area contributed by atoms with Crippen LogP contribution >= 0.6 is 0 Å². The minimum absolute atomic E-state index is 0.119. The van der Waals surface area contributed by atoms with Gasteiger partial charge in [0.05, 0.1) is 18.8 Å². The van der Waals surface area contributed by atoms with Crippen LogP contribution in [-0.4, -0.2) is 50.6 Å². The number of halogens is 2. The van der Waals surface area contributed by atoms with E-state index in [-0.39, 0.29) is 23.7 Å². The van der Waals surface area contributed by atoms with Crippen LogP contribution < -0.4 is 18.9 Å². The van der Waals surface area contributed by atoms with Gasteiger partial charge in [-0.2, -0.15) is 0 Å². The number of benzene rings is 3. The number of alkyl halides is 2. The van der Waals surface area contributed by atoms with E-state index in [1.165, 1.54) is 24.3 Å². The molecule has 41 heavy (non-hydrogen) atoms. The molecule has 3 aromatic rings. The third kappa shape index (κ3) is 8.99. The molecule has 2 unspecified atom stereocenters. The van der Waals surface area contributed by atoms with Crippen molar-refractivity contribution in [1.82, 2.24) is 0 Å². The second kappa shape index (κ2) is 13.2. The summed E-state index contributed by atoms with van der Waals surface area (Å²) in [6, 6.07) is 17.4. The molecule has 212 valence electrons. The second-order valence-electron chi connectivity index (χ2n) is 9.18. The third-order valence-electron chi connectivity index (χ3n) is 5.91. The Bertz CT molecular complexity index is 1410. The van der Waals surface area contributed by atoms with E-state index in [9.17, 15) is 18.4 Å². The van der Waals surface area contributed by atoms with Crippen molar-refractivity contribution in [3.05, 3.63) is 95.6 Å². The van der Waals surface area contributed by atoms with Crippen molar-refractivity contribution in [2.45, 2.75) is 18.6 Å². The number of epoxide rings is 2. The van der Waals surface area contributed by atoms with Crippen molar-refractivity contribution in [2.24, 2.45) is 0 Å². The lowest BCUT2D eigenvalue weighted by Gasteiger charge is -2.10. The van der Waals surface area contributed by atoms with Crippen molar-refractivity contribution in [2.75, 3.05) is 26.4 Å². The fourth-order valence-electron chi connectivity index (χ4n) is 3.53. The van der Waals surface area contributed by atoms with E-state index in [0.717, 1.165) is 18.2 Å². The van der Waals surface area contributed by atoms with E-state index >= 15 is 0 Å². The second-order valence-corrected chi connectivity index (χ2v) is 9.18. The van der Waals surface area contributed by atoms with Gasteiger partial charge in [0, 0.05) is 12.2 Å². The Balaban J connectivity index is 1.13. The quantitative estimate of drug-likeness (QED) is 0.118. The standard InChI is InChI=1S/C31H26F2O8/c32-31(33)27-15-24(40-29(34)13-5-20-1-7-22(8-2-20)36-16-25-18-38-25)11-12-28(27)41-30(35)14-6-21-3-9-23(10-4-21)37-17-26-19-39-26/h1-15,25-26,31H,16-19H2. The predicted octanol–water partition coefficient (Wildman–Crippen LogP) is 5.42. The highest BCUT2D eigenvalue weighted by atomic mass is 19.3. The number of carbonyl (C=O) groups is 2. The van der Waals surface area contributed by atoms with Crippen molar-refractivity contribution >= 4 is 24.1 Å². The zero-order chi connectivity index (χ0) is 28.6. The topological polar surface area (TPSA) is 96.1 Å². The van der Waals surface area contributed by atoms with Gasteiger partial charge in [-0.15, -0.1) is 0 Å². The molecule has 0 saturated carbocycles. The highest BCUT2D eigenvalue weighted by Gasteiger charge is 2.23. The van der Waals surface area contributed by atoms with Crippen molar-refractivity contribution in [1.29, 1.82) is 0 Å².